The monoisotopic (exact) mass is 310 g/mol. The maximum absolute atomic E-state index is 11.5. The molecule has 0 aromatic heterocycles. The third-order valence-corrected chi connectivity index (χ3v) is 5.61. The molecule has 0 saturated carbocycles. The first-order valence-corrected chi connectivity index (χ1v) is 9.59. The van der Waals surface area contributed by atoms with Crippen LogP contribution in [0.4, 0.5) is 0 Å². The van der Waals surface area contributed by atoms with Gasteiger partial charge in [-0.15, -0.1) is 0 Å². The van der Waals surface area contributed by atoms with Gasteiger partial charge in [-0.3, -0.25) is 0 Å². The topological polar surface area (TPSA) is 49.4 Å². The number of rotatable bonds is 6. The molecule has 4 nitrogen and oxygen atoms in total. The standard InChI is InChI=1S/C16H26N2O2S/c1-3-16(15-7-5-4-6-8-15)17-13-14-9-11-18(12-10-14)21(2,19)20/h4-8,14,16-17H,3,9-13H2,1-2H3/t16-/m1/s1. The van der Waals surface area contributed by atoms with E-state index in [1.807, 2.05) is 6.07 Å². The molecular weight excluding hydrogens is 284 g/mol. The van der Waals surface area contributed by atoms with Crippen molar-refractivity contribution < 1.29 is 8.42 Å². The van der Waals surface area contributed by atoms with Gasteiger partial charge < -0.3 is 5.32 Å². The molecule has 21 heavy (non-hydrogen) atoms. The van der Waals surface area contributed by atoms with Gasteiger partial charge in [-0.05, 0) is 37.3 Å². The lowest BCUT2D eigenvalue weighted by molar-refractivity contribution is 0.262. The molecule has 0 spiro atoms. The second-order valence-electron chi connectivity index (χ2n) is 5.89. The fraction of sp³-hybridized carbons (Fsp3) is 0.625. The summed E-state index contributed by atoms with van der Waals surface area (Å²) in [6.45, 7) is 4.47. The van der Waals surface area contributed by atoms with Crippen LogP contribution in [0.5, 0.6) is 0 Å². The van der Waals surface area contributed by atoms with Crippen molar-refractivity contribution in [3.05, 3.63) is 35.9 Å². The van der Waals surface area contributed by atoms with Gasteiger partial charge in [0.15, 0.2) is 0 Å². The molecule has 1 aromatic rings. The Morgan fingerprint density at radius 3 is 2.38 bits per heavy atom. The Hall–Kier alpha value is -0.910. The Balaban J connectivity index is 1.81. The molecule has 5 heteroatoms. The highest BCUT2D eigenvalue weighted by molar-refractivity contribution is 7.88. The Morgan fingerprint density at radius 2 is 1.86 bits per heavy atom. The van der Waals surface area contributed by atoms with E-state index in [0.717, 1.165) is 25.8 Å². The van der Waals surface area contributed by atoms with Crippen molar-refractivity contribution in [2.75, 3.05) is 25.9 Å². The molecule has 1 saturated heterocycles. The largest absolute Gasteiger partial charge is 0.310 e. The van der Waals surface area contributed by atoms with Gasteiger partial charge in [0.25, 0.3) is 0 Å². The van der Waals surface area contributed by atoms with Crippen LogP contribution >= 0.6 is 0 Å². The first-order valence-electron chi connectivity index (χ1n) is 7.74. The Kier molecular flexibility index (Phi) is 5.79. The van der Waals surface area contributed by atoms with Gasteiger partial charge in [-0.25, -0.2) is 12.7 Å². The predicted octanol–water partition coefficient (Wildman–Crippen LogP) is 2.40. The van der Waals surface area contributed by atoms with Crippen molar-refractivity contribution >= 4 is 10.0 Å². The van der Waals surface area contributed by atoms with Crippen molar-refractivity contribution in [3.8, 4) is 0 Å². The molecule has 1 aliphatic rings. The summed E-state index contributed by atoms with van der Waals surface area (Å²) in [4.78, 5) is 0. The lowest BCUT2D eigenvalue weighted by atomic mass is 9.96. The maximum atomic E-state index is 11.5. The number of hydrogen-bond donors (Lipinski definition) is 1. The van der Waals surface area contributed by atoms with Crippen LogP contribution in [0.2, 0.25) is 0 Å². The summed E-state index contributed by atoms with van der Waals surface area (Å²) < 4.78 is 24.6. The van der Waals surface area contributed by atoms with Crippen LogP contribution in [0.3, 0.4) is 0 Å². The van der Waals surface area contributed by atoms with E-state index in [1.165, 1.54) is 11.8 Å². The summed E-state index contributed by atoms with van der Waals surface area (Å²) in [7, 11) is -3.02. The lowest BCUT2D eigenvalue weighted by Gasteiger charge is -2.31. The molecule has 1 N–H and O–H groups in total. The molecule has 1 heterocycles. The first kappa shape index (κ1) is 16.5. The Morgan fingerprint density at radius 1 is 1.24 bits per heavy atom. The van der Waals surface area contributed by atoms with Gasteiger partial charge >= 0.3 is 0 Å². The average Bonchev–Trinajstić information content (AvgIpc) is 2.48. The Labute approximate surface area is 128 Å². The zero-order valence-corrected chi connectivity index (χ0v) is 13.8. The second-order valence-corrected chi connectivity index (χ2v) is 7.87. The molecule has 0 aliphatic carbocycles. The minimum absolute atomic E-state index is 0.388. The second kappa shape index (κ2) is 7.38. The maximum Gasteiger partial charge on any atom is 0.211 e. The molecule has 1 aliphatic heterocycles. The van der Waals surface area contributed by atoms with Crippen molar-refractivity contribution in [3.63, 3.8) is 0 Å². The van der Waals surface area contributed by atoms with Crippen LogP contribution in [0, 0.1) is 5.92 Å². The van der Waals surface area contributed by atoms with Crippen LogP contribution in [0.15, 0.2) is 30.3 Å². The molecular formula is C16H26N2O2S. The normalized spacial score (nSPS) is 19.5. The first-order chi connectivity index (χ1) is 10.0. The average molecular weight is 310 g/mol. The smallest absolute Gasteiger partial charge is 0.211 e. The molecule has 1 aromatic carbocycles. The minimum atomic E-state index is -3.02. The van der Waals surface area contributed by atoms with Gasteiger partial charge in [-0.1, -0.05) is 37.3 Å². The highest BCUT2D eigenvalue weighted by atomic mass is 32.2. The van der Waals surface area contributed by atoms with Crippen LogP contribution in [0.1, 0.15) is 37.8 Å². The number of piperidine rings is 1. The summed E-state index contributed by atoms with van der Waals surface area (Å²) in [6, 6.07) is 10.9. The zero-order chi connectivity index (χ0) is 15.3. The number of nitrogens with one attached hydrogen (secondary N) is 1. The van der Waals surface area contributed by atoms with Gasteiger partial charge in [-0.2, -0.15) is 0 Å². The molecule has 118 valence electrons. The van der Waals surface area contributed by atoms with Gasteiger partial charge in [0.1, 0.15) is 0 Å². The summed E-state index contributed by atoms with van der Waals surface area (Å²) in [5.41, 5.74) is 1.33. The van der Waals surface area contributed by atoms with E-state index in [4.69, 9.17) is 0 Å². The van der Waals surface area contributed by atoms with Gasteiger partial charge in [0.2, 0.25) is 10.0 Å². The molecule has 1 fully saturated rings. The van der Waals surface area contributed by atoms with E-state index in [0.29, 0.717) is 25.0 Å². The number of benzene rings is 1. The summed E-state index contributed by atoms with van der Waals surface area (Å²) in [5.74, 6) is 0.570. The van der Waals surface area contributed by atoms with Crippen molar-refractivity contribution in [2.45, 2.75) is 32.2 Å². The van der Waals surface area contributed by atoms with E-state index < -0.39 is 10.0 Å². The van der Waals surface area contributed by atoms with Gasteiger partial charge in [0, 0.05) is 19.1 Å². The van der Waals surface area contributed by atoms with E-state index in [9.17, 15) is 8.42 Å². The van der Waals surface area contributed by atoms with E-state index in [-0.39, 0.29) is 0 Å². The van der Waals surface area contributed by atoms with Gasteiger partial charge in [0.05, 0.1) is 6.26 Å². The SMILES string of the molecule is CC[C@@H](NCC1CCN(S(C)(=O)=O)CC1)c1ccccc1. The molecule has 2 rings (SSSR count). The molecule has 0 bridgehead atoms. The summed E-state index contributed by atoms with van der Waals surface area (Å²) >= 11 is 0. The number of nitrogens with zero attached hydrogens (tertiary/aromatic N) is 1. The highest BCUT2D eigenvalue weighted by Crippen LogP contribution is 2.21. The van der Waals surface area contributed by atoms with E-state index in [2.05, 4.69) is 36.5 Å². The quantitative estimate of drug-likeness (QED) is 0.878. The fourth-order valence-corrected chi connectivity index (χ4v) is 3.81. The molecule has 0 unspecified atom stereocenters. The van der Waals surface area contributed by atoms with Crippen LogP contribution in [0.25, 0.3) is 0 Å². The van der Waals surface area contributed by atoms with Crippen molar-refractivity contribution in [1.82, 2.24) is 9.62 Å². The molecule has 0 radical (unpaired) electrons. The summed E-state index contributed by atoms with van der Waals surface area (Å²) in [5, 5.41) is 3.64. The fourth-order valence-electron chi connectivity index (χ4n) is 2.94. The predicted molar refractivity (Wildman–Crippen MR) is 86.6 cm³/mol. The van der Waals surface area contributed by atoms with E-state index in [1.54, 1.807) is 4.31 Å². The molecule has 0 amide bonds. The number of hydrogen-bond acceptors (Lipinski definition) is 3. The number of sulfonamides is 1. The third-order valence-electron chi connectivity index (χ3n) is 4.31. The highest BCUT2D eigenvalue weighted by Gasteiger charge is 2.25. The van der Waals surface area contributed by atoms with Crippen molar-refractivity contribution in [1.29, 1.82) is 0 Å². The van der Waals surface area contributed by atoms with Crippen LogP contribution < -0.4 is 5.32 Å². The lowest BCUT2D eigenvalue weighted by Crippen LogP contribution is -2.40. The third kappa shape index (κ3) is 4.80. The van der Waals surface area contributed by atoms with Crippen LogP contribution in [-0.4, -0.2) is 38.6 Å². The summed E-state index contributed by atoms with van der Waals surface area (Å²) in [6.07, 6.45) is 4.26. The minimum Gasteiger partial charge on any atom is -0.310 e. The zero-order valence-electron chi connectivity index (χ0n) is 13.0. The van der Waals surface area contributed by atoms with Crippen LogP contribution in [-0.2, 0) is 10.0 Å². The molecule has 1 atom stereocenters. The van der Waals surface area contributed by atoms with E-state index >= 15 is 0 Å². The Bertz CT molecular complexity index is 522. The van der Waals surface area contributed by atoms with Crippen molar-refractivity contribution in [2.24, 2.45) is 5.92 Å².